The Kier molecular flexibility index (Phi) is 10.4. The van der Waals surface area contributed by atoms with E-state index in [1.54, 1.807) is 24.3 Å². The summed E-state index contributed by atoms with van der Waals surface area (Å²) < 4.78 is 17.5. The molecule has 0 aromatic heterocycles. The van der Waals surface area contributed by atoms with Gasteiger partial charge in [-0.2, -0.15) is 0 Å². The summed E-state index contributed by atoms with van der Waals surface area (Å²) in [7, 11) is 0. The maximum atomic E-state index is 12.6. The van der Waals surface area contributed by atoms with E-state index in [0.717, 1.165) is 47.6 Å². The highest BCUT2D eigenvalue weighted by Crippen LogP contribution is 2.33. The van der Waals surface area contributed by atoms with Crippen LogP contribution in [0.25, 0.3) is 6.08 Å². The lowest BCUT2D eigenvalue weighted by atomic mass is 10.0. The third kappa shape index (κ3) is 7.63. The minimum absolute atomic E-state index is 0.0655. The standard InChI is InChI=1S/C27H34O4/c1-5-9-24-26(30-17-7-3)19-21(20-27(24)31-18-8-4)10-15-25(28)22-11-13-23(14-12-22)29-16-6-2/h5,10-15,19-20H,1,6-9,16-18H2,2-4H3. The monoisotopic (exact) mass is 422 g/mol. The largest absolute Gasteiger partial charge is 0.494 e. The zero-order chi connectivity index (χ0) is 22.5. The first-order valence-corrected chi connectivity index (χ1v) is 11.1. The van der Waals surface area contributed by atoms with Crippen molar-refractivity contribution in [2.24, 2.45) is 0 Å². The first kappa shape index (κ1) is 24.3. The molecule has 0 aliphatic heterocycles. The molecule has 0 fully saturated rings. The van der Waals surface area contributed by atoms with Crippen molar-refractivity contribution in [3.05, 3.63) is 71.8 Å². The van der Waals surface area contributed by atoms with Gasteiger partial charge in [-0.15, -0.1) is 6.58 Å². The second-order valence-electron chi connectivity index (χ2n) is 7.26. The lowest BCUT2D eigenvalue weighted by molar-refractivity contribution is 0.104. The van der Waals surface area contributed by atoms with Crippen LogP contribution < -0.4 is 14.2 Å². The van der Waals surface area contributed by atoms with Gasteiger partial charge in [-0.25, -0.2) is 0 Å². The Labute approximate surface area is 186 Å². The van der Waals surface area contributed by atoms with Crippen molar-refractivity contribution < 1.29 is 19.0 Å². The van der Waals surface area contributed by atoms with Crippen LogP contribution in [0, 0.1) is 0 Å². The average molecular weight is 423 g/mol. The lowest BCUT2D eigenvalue weighted by Gasteiger charge is -2.16. The Morgan fingerprint density at radius 1 is 0.871 bits per heavy atom. The predicted octanol–water partition coefficient (Wildman–Crippen LogP) is 6.68. The van der Waals surface area contributed by atoms with E-state index in [1.165, 1.54) is 0 Å². The molecule has 2 aromatic carbocycles. The van der Waals surface area contributed by atoms with Crippen molar-refractivity contribution in [3.8, 4) is 17.2 Å². The second kappa shape index (κ2) is 13.3. The lowest BCUT2D eigenvalue weighted by Crippen LogP contribution is -2.04. The van der Waals surface area contributed by atoms with Gasteiger partial charge < -0.3 is 14.2 Å². The SMILES string of the molecule is C=CCc1c(OCCC)cc(C=CC(=O)c2ccc(OCCC)cc2)cc1OCCC. The van der Waals surface area contributed by atoms with Gasteiger partial charge in [0.2, 0.25) is 0 Å². The maximum Gasteiger partial charge on any atom is 0.185 e. The van der Waals surface area contributed by atoms with E-state index in [4.69, 9.17) is 14.2 Å². The number of rotatable bonds is 14. The van der Waals surface area contributed by atoms with Crippen LogP contribution in [0.1, 0.15) is 61.5 Å². The van der Waals surface area contributed by atoms with E-state index in [1.807, 2.05) is 30.3 Å². The number of benzene rings is 2. The summed E-state index contributed by atoms with van der Waals surface area (Å²) in [5.41, 5.74) is 2.47. The van der Waals surface area contributed by atoms with Gasteiger partial charge in [0.1, 0.15) is 17.2 Å². The number of ketones is 1. The second-order valence-corrected chi connectivity index (χ2v) is 7.26. The van der Waals surface area contributed by atoms with E-state index in [9.17, 15) is 4.79 Å². The van der Waals surface area contributed by atoms with Crippen molar-refractivity contribution in [2.45, 2.75) is 46.5 Å². The first-order valence-electron chi connectivity index (χ1n) is 11.1. The molecule has 0 spiro atoms. The fourth-order valence-electron chi connectivity index (χ4n) is 2.97. The van der Waals surface area contributed by atoms with Crippen LogP contribution in [0.3, 0.4) is 0 Å². The van der Waals surface area contributed by atoms with Gasteiger partial charge in [-0.1, -0.05) is 32.9 Å². The molecule has 166 valence electrons. The highest BCUT2D eigenvalue weighted by Gasteiger charge is 2.12. The Morgan fingerprint density at radius 3 is 1.94 bits per heavy atom. The van der Waals surface area contributed by atoms with Gasteiger partial charge in [0, 0.05) is 11.1 Å². The molecule has 4 heteroatoms. The van der Waals surface area contributed by atoms with E-state index in [0.29, 0.717) is 31.8 Å². The molecule has 0 radical (unpaired) electrons. The topological polar surface area (TPSA) is 44.8 Å². The molecule has 0 unspecified atom stereocenters. The zero-order valence-corrected chi connectivity index (χ0v) is 19.0. The molecule has 0 bridgehead atoms. The molecule has 0 aliphatic carbocycles. The van der Waals surface area contributed by atoms with Crippen LogP contribution in [-0.2, 0) is 6.42 Å². The Hall–Kier alpha value is -3.01. The summed E-state index contributed by atoms with van der Waals surface area (Å²) in [6.07, 6.45) is 8.66. The van der Waals surface area contributed by atoms with Crippen LogP contribution in [0.2, 0.25) is 0 Å². The first-order chi connectivity index (χ1) is 15.1. The summed E-state index contributed by atoms with van der Waals surface area (Å²) in [4.78, 5) is 12.6. The van der Waals surface area contributed by atoms with Crippen molar-refractivity contribution in [3.63, 3.8) is 0 Å². The number of carbonyl (C=O) groups excluding carboxylic acids is 1. The quantitative estimate of drug-likeness (QED) is 0.194. The number of allylic oxidation sites excluding steroid dienone is 2. The van der Waals surface area contributed by atoms with Gasteiger partial charge in [0.05, 0.1) is 19.8 Å². The van der Waals surface area contributed by atoms with Crippen LogP contribution in [0.5, 0.6) is 17.2 Å². The predicted molar refractivity (Wildman–Crippen MR) is 128 cm³/mol. The van der Waals surface area contributed by atoms with Crippen molar-refractivity contribution in [1.82, 2.24) is 0 Å². The smallest absolute Gasteiger partial charge is 0.185 e. The summed E-state index contributed by atoms with van der Waals surface area (Å²) >= 11 is 0. The zero-order valence-electron chi connectivity index (χ0n) is 19.0. The molecule has 2 aromatic rings. The molecular formula is C27H34O4. The van der Waals surface area contributed by atoms with Gasteiger partial charge >= 0.3 is 0 Å². The van der Waals surface area contributed by atoms with E-state index < -0.39 is 0 Å². The fraction of sp³-hybridized carbons (Fsp3) is 0.370. The molecule has 0 N–H and O–H groups in total. The molecule has 0 saturated carbocycles. The molecule has 0 aliphatic rings. The van der Waals surface area contributed by atoms with Crippen LogP contribution in [0.15, 0.2) is 55.1 Å². The number of hydrogen-bond acceptors (Lipinski definition) is 4. The highest BCUT2D eigenvalue weighted by atomic mass is 16.5. The van der Waals surface area contributed by atoms with E-state index >= 15 is 0 Å². The summed E-state index contributed by atoms with van der Waals surface area (Å²) in [5.74, 6) is 2.26. The molecule has 0 heterocycles. The summed E-state index contributed by atoms with van der Waals surface area (Å²) in [6, 6.07) is 11.1. The number of ether oxygens (including phenoxy) is 3. The Morgan fingerprint density at radius 2 is 1.42 bits per heavy atom. The summed E-state index contributed by atoms with van der Waals surface area (Å²) in [6.45, 7) is 12.0. The molecule has 31 heavy (non-hydrogen) atoms. The summed E-state index contributed by atoms with van der Waals surface area (Å²) in [5, 5.41) is 0. The van der Waals surface area contributed by atoms with Crippen LogP contribution >= 0.6 is 0 Å². The number of hydrogen-bond donors (Lipinski definition) is 0. The molecule has 0 atom stereocenters. The fourth-order valence-corrected chi connectivity index (χ4v) is 2.97. The highest BCUT2D eigenvalue weighted by molar-refractivity contribution is 6.06. The van der Waals surface area contributed by atoms with Gasteiger partial charge in [0.25, 0.3) is 0 Å². The minimum Gasteiger partial charge on any atom is -0.494 e. The third-order valence-corrected chi connectivity index (χ3v) is 4.50. The molecule has 4 nitrogen and oxygen atoms in total. The Bertz CT molecular complexity index is 836. The Balaban J connectivity index is 2.25. The molecular weight excluding hydrogens is 388 g/mol. The van der Waals surface area contributed by atoms with E-state index in [2.05, 4.69) is 27.4 Å². The molecule has 0 saturated heterocycles. The van der Waals surface area contributed by atoms with Gasteiger partial charge in [0.15, 0.2) is 5.78 Å². The third-order valence-electron chi connectivity index (χ3n) is 4.50. The molecule has 2 rings (SSSR count). The van der Waals surface area contributed by atoms with Gasteiger partial charge in [-0.3, -0.25) is 4.79 Å². The maximum absolute atomic E-state index is 12.6. The normalized spacial score (nSPS) is 10.8. The molecule has 0 amide bonds. The minimum atomic E-state index is -0.0655. The van der Waals surface area contributed by atoms with E-state index in [-0.39, 0.29) is 5.78 Å². The van der Waals surface area contributed by atoms with Gasteiger partial charge in [-0.05, 0) is 73.7 Å². The van der Waals surface area contributed by atoms with Crippen molar-refractivity contribution in [1.29, 1.82) is 0 Å². The van der Waals surface area contributed by atoms with Crippen molar-refractivity contribution in [2.75, 3.05) is 19.8 Å². The van der Waals surface area contributed by atoms with Crippen LogP contribution in [0.4, 0.5) is 0 Å². The average Bonchev–Trinajstić information content (AvgIpc) is 2.80. The van der Waals surface area contributed by atoms with Crippen LogP contribution in [-0.4, -0.2) is 25.6 Å². The van der Waals surface area contributed by atoms with Crippen molar-refractivity contribution >= 4 is 11.9 Å². The number of carbonyl (C=O) groups is 1.